The van der Waals surface area contributed by atoms with E-state index in [-0.39, 0.29) is 5.91 Å². The van der Waals surface area contributed by atoms with E-state index in [0.717, 1.165) is 30.2 Å². The Hall–Kier alpha value is -2.43. The predicted octanol–water partition coefficient (Wildman–Crippen LogP) is 2.57. The van der Waals surface area contributed by atoms with Crippen LogP contribution in [0.1, 0.15) is 24.0 Å². The third kappa shape index (κ3) is 3.61. The van der Waals surface area contributed by atoms with Gasteiger partial charge in [-0.25, -0.2) is 9.97 Å². The largest absolute Gasteiger partial charge is 0.341 e. The minimum Gasteiger partial charge on any atom is -0.341 e. The first-order chi connectivity index (χ1) is 10.7. The quantitative estimate of drug-likeness (QED) is 0.942. The molecule has 0 spiro atoms. The van der Waals surface area contributed by atoms with Gasteiger partial charge in [0.05, 0.1) is 24.5 Å². The average Bonchev–Trinajstić information content (AvgIpc) is 3.02. The van der Waals surface area contributed by atoms with Crippen LogP contribution in [-0.4, -0.2) is 29.0 Å². The fourth-order valence-corrected chi connectivity index (χ4v) is 2.68. The summed E-state index contributed by atoms with van der Waals surface area (Å²) in [5, 5.41) is 2.85. The van der Waals surface area contributed by atoms with Crippen molar-refractivity contribution in [3.8, 4) is 0 Å². The van der Waals surface area contributed by atoms with E-state index < -0.39 is 0 Å². The van der Waals surface area contributed by atoms with Crippen LogP contribution in [0.5, 0.6) is 0 Å². The monoisotopic (exact) mass is 296 g/mol. The normalized spacial score (nSPS) is 14.1. The lowest BCUT2D eigenvalue weighted by Crippen LogP contribution is -2.21. The molecule has 114 valence electrons. The molecule has 1 amide bonds. The molecular formula is C17H20N4O. The van der Waals surface area contributed by atoms with Gasteiger partial charge in [0.25, 0.3) is 0 Å². The van der Waals surface area contributed by atoms with Crippen LogP contribution in [0.3, 0.4) is 0 Å². The molecule has 1 aromatic heterocycles. The molecule has 1 aromatic carbocycles. The fourth-order valence-electron chi connectivity index (χ4n) is 2.68. The summed E-state index contributed by atoms with van der Waals surface area (Å²) in [5.41, 5.74) is 2.80. The van der Waals surface area contributed by atoms with Crippen LogP contribution in [0.15, 0.2) is 36.7 Å². The van der Waals surface area contributed by atoms with Crippen molar-refractivity contribution in [3.63, 3.8) is 0 Å². The number of hydrogen-bond donors (Lipinski definition) is 1. The van der Waals surface area contributed by atoms with Gasteiger partial charge in [0.15, 0.2) is 0 Å². The van der Waals surface area contributed by atoms with E-state index in [1.807, 2.05) is 31.2 Å². The van der Waals surface area contributed by atoms with E-state index in [9.17, 15) is 4.79 Å². The minimum absolute atomic E-state index is 0.0527. The van der Waals surface area contributed by atoms with Crippen molar-refractivity contribution in [2.75, 3.05) is 23.3 Å². The molecule has 1 fully saturated rings. The Bertz CT molecular complexity index is 648. The number of nitrogens with one attached hydrogen (secondary N) is 1. The molecule has 1 aliphatic heterocycles. The van der Waals surface area contributed by atoms with E-state index in [4.69, 9.17) is 0 Å². The van der Waals surface area contributed by atoms with Crippen LogP contribution < -0.4 is 10.2 Å². The van der Waals surface area contributed by atoms with E-state index in [1.165, 1.54) is 12.8 Å². The molecular weight excluding hydrogens is 276 g/mol. The van der Waals surface area contributed by atoms with Gasteiger partial charge >= 0.3 is 0 Å². The van der Waals surface area contributed by atoms with Crippen LogP contribution in [-0.2, 0) is 11.2 Å². The van der Waals surface area contributed by atoms with E-state index in [2.05, 4.69) is 20.2 Å². The number of amides is 1. The maximum absolute atomic E-state index is 12.1. The topological polar surface area (TPSA) is 58.1 Å². The van der Waals surface area contributed by atoms with Gasteiger partial charge in [0.2, 0.25) is 11.9 Å². The first-order valence-corrected chi connectivity index (χ1v) is 7.63. The van der Waals surface area contributed by atoms with Crippen molar-refractivity contribution < 1.29 is 4.79 Å². The van der Waals surface area contributed by atoms with Crippen LogP contribution in [0.25, 0.3) is 0 Å². The Kier molecular flexibility index (Phi) is 4.32. The number of carbonyl (C=O) groups is 1. The molecule has 0 unspecified atom stereocenters. The van der Waals surface area contributed by atoms with Crippen molar-refractivity contribution in [2.24, 2.45) is 0 Å². The maximum Gasteiger partial charge on any atom is 0.228 e. The number of rotatable bonds is 4. The zero-order chi connectivity index (χ0) is 15.4. The first-order valence-electron chi connectivity index (χ1n) is 7.63. The summed E-state index contributed by atoms with van der Waals surface area (Å²) in [6, 6.07) is 7.96. The Labute approximate surface area is 130 Å². The molecule has 0 saturated carbocycles. The Morgan fingerprint density at radius 1 is 1.23 bits per heavy atom. The summed E-state index contributed by atoms with van der Waals surface area (Å²) in [4.78, 5) is 22.9. The first kappa shape index (κ1) is 14.5. The van der Waals surface area contributed by atoms with Crippen LogP contribution >= 0.6 is 0 Å². The Morgan fingerprint density at radius 2 is 1.95 bits per heavy atom. The molecule has 0 radical (unpaired) electrons. The molecule has 22 heavy (non-hydrogen) atoms. The highest BCUT2D eigenvalue weighted by Crippen LogP contribution is 2.16. The molecule has 3 rings (SSSR count). The summed E-state index contributed by atoms with van der Waals surface area (Å²) >= 11 is 0. The van der Waals surface area contributed by atoms with Crippen LogP contribution in [0.4, 0.5) is 11.6 Å². The number of carbonyl (C=O) groups excluding carboxylic acids is 1. The van der Waals surface area contributed by atoms with Gasteiger partial charge in [-0.05, 0) is 25.3 Å². The zero-order valence-corrected chi connectivity index (χ0v) is 12.7. The predicted molar refractivity (Wildman–Crippen MR) is 87.0 cm³/mol. The highest BCUT2D eigenvalue weighted by Gasteiger charge is 2.14. The van der Waals surface area contributed by atoms with Gasteiger partial charge in [-0.2, -0.15) is 0 Å². The SMILES string of the molecule is Cc1cccc(CC(=O)Nc2cnc(N3CCCC3)nc2)c1. The summed E-state index contributed by atoms with van der Waals surface area (Å²) in [5.74, 6) is 0.692. The molecule has 0 atom stereocenters. The number of benzene rings is 1. The van der Waals surface area contributed by atoms with Gasteiger partial charge in [-0.1, -0.05) is 29.8 Å². The molecule has 2 aromatic rings. The van der Waals surface area contributed by atoms with Crippen molar-refractivity contribution in [2.45, 2.75) is 26.2 Å². The molecule has 5 heteroatoms. The van der Waals surface area contributed by atoms with Gasteiger partial charge < -0.3 is 10.2 Å². The van der Waals surface area contributed by atoms with Gasteiger partial charge in [-0.3, -0.25) is 4.79 Å². The summed E-state index contributed by atoms with van der Waals surface area (Å²) in [6.07, 6.45) is 6.09. The van der Waals surface area contributed by atoms with E-state index >= 15 is 0 Å². The number of aromatic nitrogens is 2. The molecule has 1 saturated heterocycles. The molecule has 2 heterocycles. The lowest BCUT2D eigenvalue weighted by atomic mass is 10.1. The second-order valence-electron chi connectivity index (χ2n) is 5.68. The lowest BCUT2D eigenvalue weighted by molar-refractivity contribution is -0.115. The second kappa shape index (κ2) is 6.56. The molecule has 1 N–H and O–H groups in total. The van der Waals surface area contributed by atoms with Crippen molar-refractivity contribution in [1.82, 2.24) is 9.97 Å². The number of nitrogens with zero attached hydrogens (tertiary/aromatic N) is 3. The van der Waals surface area contributed by atoms with Crippen molar-refractivity contribution >= 4 is 17.5 Å². The summed E-state index contributed by atoms with van der Waals surface area (Å²) < 4.78 is 0. The van der Waals surface area contributed by atoms with Crippen LogP contribution in [0.2, 0.25) is 0 Å². The minimum atomic E-state index is -0.0527. The fraction of sp³-hybridized carbons (Fsp3) is 0.353. The number of aryl methyl sites for hydroxylation is 1. The maximum atomic E-state index is 12.1. The third-order valence-corrected chi connectivity index (χ3v) is 3.76. The lowest BCUT2D eigenvalue weighted by Gasteiger charge is -2.14. The third-order valence-electron chi connectivity index (χ3n) is 3.76. The van der Waals surface area contributed by atoms with Crippen LogP contribution in [0, 0.1) is 6.92 Å². The Balaban J connectivity index is 1.59. The van der Waals surface area contributed by atoms with E-state index in [1.54, 1.807) is 12.4 Å². The smallest absolute Gasteiger partial charge is 0.228 e. The highest BCUT2D eigenvalue weighted by atomic mass is 16.1. The number of anilines is 2. The summed E-state index contributed by atoms with van der Waals surface area (Å²) in [7, 11) is 0. The van der Waals surface area contributed by atoms with Gasteiger partial charge in [-0.15, -0.1) is 0 Å². The Morgan fingerprint density at radius 3 is 2.64 bits per heavy atom. The average molecular weight is 296 g/mol. The van der Waals surface area contributed by atoms with Gasteiger partial charge in [0.1, 0.15) is 0 Å². The zero-order valence-electron chi connectivity index (χ0n) is 12.7. The van der Waals surface area contributed by atoms with Crippen molar-refractivity contribution in [3.05, 3.63) is 47.8 Å². The molecule has 1 aliphatic rings. The molecule has 0 bridgehead atoms. The van der Waals surface area contributed by atoms with E-state index in [0.29, 0.717) is 12.1 Å². The molecule has 5 nitrogen and oxygen atoms in total. The summed E-state index contributed by atoms with van der Waals surface area (Å²) in [6.45, 7) is 4.05. The molecule has 0 aliphatic carbocycles. The number of hydrogen-bond acceptors (Lipinski definition) is 4. The highest BCUT2D eigenvalue weighted by molar-refractivity contribution is 5.92. The van der Waals surface area contributed by atoms with Gasteiger partial charge in [0, 0.05) is 13.1 Å². The van der Waals surface area contributed by atoms with Crippen molar-refractivity contribution in [1.29, 1.82) is 0 Å². The standard InChI is InChI=1S/C17H20N4O/c1-13-5-4-6-14(9-13)10-16(22)20-15-11-18-17(19-12-15)21-7-2-3-8-21/h4-6,9,11-12H,2-3,7-8,10H2,1H3,(H,20,22). The second-order valence-corrected chi connectivity index (χ2v) is 5.68.